The molecule has 0 saturated heterocycles. The molecule has 3 aliphatic carbocycles. The first kappa shape index (κ1) is 10.8. The van der Waals surface area contributed by atoms with Gasteiger partial charge in [-0.05, 0) is 74.7 Å². The molecule has 0 aromatic heterocycles. The van der Waals surface area contributed by atoms with E-state index in [1.54, 1.807) is 0 Å². The summed E-state index contributed by atoms with van der Waals surface area (Å²) in [5.41, 5.74) is 1.36. The summed E-state index contributed by atoms with van der Waals surface area (Å²) in [5, 5.41) is 10.3. The molecule has 2 saturated carbocycles. The van der Waals surface area contributed by atoms with Crippen LogP contribution in [-0.4, -0.2) is 11.2 Å². The lowest BCUT2D eigenvalue weighted by Gasteiger charge is -2.26. The van der Waals surface area contributed by atoms with Crippen molar-refractivity contribution in [3.8, 4) is 0 Å². The van der Waals surface area contributed by atoms with Crippen LogP contribution in [0.25, 0.3) is 0 Å². The van der Waals surface area contributed by atoms with Gasteiger partial charge in [-0.3, -0.25) is 0 Å². The maximum absolute atomic E-state index is 10.3. The molecule has 3 aliphatic rings. The van der Waals surface area contributed by atoms with Gasteiger partial charge in [0.2, 0.25) is 0 Å². The summed E-state index contributed by atoms with van der Waals surface area (Å²) in [6.07, 6.45) is 14.0. The lowest BCUT2D eigenvalue weighted by atomic mass is 9.82. The van der Waals surface area contributed by atoms with Gasteiger partial charge in [0.15, 0.2) is 0 Å². The van der Waals surface area contributed by atoms with Gasteiger partial charge in [-0.15, -0.1) is 0 Å². The normalized spacial score (nSPS) is 39.8. The zero-order chi connectivity index (χ0) is 11.0. The predicted molar refractivity (Wildman–Crippen MR) is 66.1 cm³/mol. The van der Waals surface area contributed by atoms with Gasteiger partial charge in [-0.1, -0.05) is 12.5 Å². The van der Waals surface area contributed by atoms with Gasteiger partial charge in [-0.2, -0.15) is 0 Å². The molecule has 0 amide bonds. The Morgan fingerprint density at radius 1 is 1.25 bits per heavy atom. The maximum atomic E-state index is 10.3. The number of fused-ring (bicyclic) bond motifs is 2. The molecule has 0 aromatic carbocycles. The topological polar surface area (TPSA) is 20.2 Å². The van der Waals surface area contributed by atoms with Crippen LogP contribution in [0.3, 0.4) is 0 Å². The number of hydrogen-bond acceptors (Lipinski definition) is 1. The number of rotatable bonds is 3. The second kappa shape index (κ2) is 4.52. The molecule has 16 heavy (non-hydrogen) atoms. The van der Waals surface area contributed by atoms with Crippen LogP contribution < -0.4 is 0 Å². The number of hydrogen-bond donors (Lipinski definition) is 1. The Morgan fingerprint density at radius 2 is 2.19 bits per heavy atom. The first-order valence-corrected chi connectivity index (χ1v) is 7.20. The quantitative estimate of drug-likeness (QED) is 0.719. The van der Waals surface area contributed by atoms with Crippen molar-refractivity contribution in [3.05, 3.63) is 11.6 Å². The first-order chi connectivity index (χ1) is 7.83. The molecule has 90 valence electrons. The SMILES string of the molecule is OC(CC1CC2CCC1C2)C1=CCCCC1. The van der Waals surface area contributed by atoms with E-state index in [0.29, 0.717) is 0 Å². The van der Waals surface area contributed by atoms with Crippen molar-refractivity contribution in [3.63, 3.8) is 0 Å². The van der Waals surface area contributed by atoms with Gasteiger partial charge >= 0.3 is 0 Å². The summed E-state index contributed by atoms with van der Waals surface area (Å²) < 4.78 is 0. The minimum atomic E-state index is -0.107. The van der Waals surface area contributed by atoms with Gasteiger partial charge in [0, 0.05) is 0 Å². The molecule has 2 bridgehead atoms. The first-order valence-electron chi connectivity index (χ1n) is 7.20. The van der Waals surface area contributed by atoms with Crippen LogP contribution >= 0.6 is 0 Å². The third kappa shape index (κ3) is 2.07. The average molecular weight is 220 g/mol. The molecular weight excluding hydrogens is 196 g/mol. The molecule has 4 atom stereocenters. The Labute approximate surface area is 98.9 Å². The minimum absolute atomic E-state index is 0.107. The van der Waals surface area contributed by atoms with E-state index in [9.17, 15) is 5.11 Å². The highest BCUT2D eigenvalue weighted by atomic mass is 16.3. The fourth-order valence-corrected chi connectivity index (χ4v) is 4.27. The van der Waals surface area contributed by atoms with E-state index in [0.717, 1.165) is 30.6 Å². The zero-order valence-electron chi connectivity index (χ0n) is 10.2. The predicted octanol–water partition coefficient (Wildman–Crippen LogP) is 3.67. The average Bonchev–Trinajstić information content (AvgIpc) is 2.92. The molecule has 1 N–H and O–H groups in total. The summed E-state index contributed by atoms with van der Waals surface area (Å²) in [4.78, 5) is 0. The molecule has 3 rings (SSSR count). The van der Waals surface area contributed by atoms with Crippen LogP contribution in [-0.2, 0) is 0 Å². The van der Waals surface area contributed by atoms with Crippen molar-refractivity contribution >= 4 is 0 Å². The fraction of sp³-hybridized carbons (Fsp3) is 0.867. The van der Waals surface area contributed by atoms with Crippen molar-refractivity contribution in [1.29, 1.82) is 0 Å². The van der Waals surface area contributed by atoms with Crippen LogP contribution in [0.5, 0.6) is 0 Å². The Balaban J connectivity index is 1.56. The summed E-state index contributed by atoms with van der Waals surface area (Å²) in [7, 11) is 0. The lowest BCUT2D eigenvalue weighted by Crippen LogP contribution is -2.21. The monoisotopic (exact) mass is 220 g/mol. The van der Waals surface area contributed by atoms with Crippen molar-refractivity contribution < 1.29 is 5.11 Å². The third-order valence-corrected chi connectivity index (χ3v) is 5.16. The smallest absolute Gasteiger partial charge is 0.0752 e. The van der Waals surface area contributed by atoms with Crippen molar-refractivity contribution in [2.75, 3.05) is 0 Å². The third-order valence-electron chi connectivity index (χ3n) is 5.16. The number of allylic oxidation sites excluding steroid dienone is 1. The molecule has 0 heterocycles. The van der Waals surface area contributed by atoms with Gasteiger partial charge in [-0.25, -0.2) is 0 Å². The highest BCUT2D eigenvalue weighted by Crippen LogP contribution is 2.50. The molecular formula is C15H24O. The number of aliphatic hydroxyl groups is 1. The van der Waals surface area contributed by atoms with Crippen LogP contribution in [0.2, 0.25) is 0 Å². The Hall–Kier alpha value is -0.300. The molecule has 0 radical (unpaired) electrons. The molecule has 2 fully saturated rings. The van der Waals surface area contributed by atoms with Gasteiger partial charge < -0.3 is 5.11 Å². The maximum Gasteiger partial charge on any atom is 0.0752 e. The second-order valence-corrected chi connectivity index (χ2v) is 6.21. The molecule has 0 aromatic rings. The molecule has 4 unspecified atom stereocenters. The van der Waals surface area contributed by atoms with Crippen molar-refractivity contribution in [2.45, 2.75) is 63.9 Å². The molecule has 0 aliphatic heterocycles. The van der Waals surface area contributed by atoms with E-state index < -0.39 is 0 Å². The highest BCUT2D eigenvalue weighted by Gasteiger charge is 2.40. The van der Waals surface area contributed by atoms with Crippen molar-refractivity contribution in [2.24, 2.45) is 17.8 Å². The van der Waals surface area contributed by atoms with E-state index in [-0.39, 0.29) is 6.10 Å². The van der Waals surface area contributed by atoms with E-state index in [4.69, 9.17) is 0 Å². The van der Waals surface area contributed by atoms with Crippen LogP contribution in [0.4, 0.5) is 0 Å². The Kier molecular flexibility index (Phi) is 3.06. The summed E-state index contributed by atoms with van der Waals surface area (Å²) >= 11 is 0. The van der Waals surface area contributed by atoms with E-state index in [2.05, 4.69) is 6.08 Å². The van der Waals surface area contributed by atoms with Crippen molar-refractivity contribution in [1.82, 2.24) is 0 Å². The molecule has 1 nitrogen and oxygen atoms in total. The van der Waals surface area contributed by atoms with E-state index in [1.165, 1.54) is 50.5 Å². The van der Waals surface area contributed by atoms with E-state index >= 15 is 0 Å². The summed E-state index contributed by atoms with van der Waals surface area (Å²) in [6.45, 7) is 0. The van der Waals surface area contributed by atoms with Gasteiger partial charge in [0.05, 0.1) is 6.10 Å². The highest BCUT2D eigenvalue weighted by molar-refractivity contribution is 5.11. The number of aliphatic hydroxyl groups excluding tert-OH is 1. The van der Waals surface area contributed by atoms with Gasteiger partial charge in [0.1, 0.15) is 0 Å². The molecule has 1 heteroatoms. The zero-order valence-corrected chi connectivity index (χ0v) is 10.2. The van der Waals surface area contributed by atoms with Crippen LogP contribution in [0.15, 0.2) is 11.6 Å². The summed E-state index contributed by atoms with van der Waals surface area (Å²) in [5.74, 6) is 2.82. The Bertz CT molecular complexity index is 281. The summed E-state index contributed by atoms with van der Waals surface area (Å²) in [6, 6.07) is 0. The minimum Gasteiger partial charge on any atom is -0.389 e. The fourth-order valence-electron chi connectivity index (χ4n) is 4.27. The standard InChI is InChI=1S/C15H24O/c16-15(12-4-2-1-3-5-12)10-14-9-11-6-7-13(14)8-11/h4,11,13-16H,1-3,5-10H2. The van der Waals surface area contributed by atoms with Gasteiger partial charge in [0.25, 0.3) is 0 Å². The largest absolute Gasteiger partial charge is 0.389 e. The van der Waals surface area contributed by atoms with E-state index in [1.807, 2.05) is 0 Å². The van der Waals surface area contributed by atoms with Crippen LogP contribution in [0.1, 0.15) is 57.8 Å². The Morgan fingerprint density at radius 3 is 2.81 bits per heavy atom. The molecule has 0 spiro atoms. The second-order valence-electron chi connectivity index (χ2n) is 6.21. The lowest BCUT2D eigenvalue weighted by molar-refractivity contribution is 0.148. The van der Waals surface area contributed by atoms with Crippen LogP contribution in [0, 0.1) is 17.8 Å².